The van der Waals surface area contributed by atoms with Gasteiger partial charge in [-0.15, -0.1) is 0 Å². The van der Waals surface area contributed by atoms with Crippen molar-refractivity contribution in [2.45, 2.75) is 12.6 Å². The molecular weight excluding hydrogens is 388 g/mol. The monoisotopic (exact) mass is 400 g/mol. The van der Waals surface area contributed by atoms with E-state index in [-0.39, 0.29) is 12.5 Å². The average Bonchev–Trinajstić information content (AvgIpc) is 2.59. The number of hydrogen-bond donors (Lipinski definition) is 1. The van der Waals surface area contributed by atoms with Crippen LogP contribution in [0.15, 0.2) is 42.5 Å². The highest BCUT2D eigenvalue weighted by molar-refractivity contribution is 5.95. The zero-order valence-electron chi connectivity index (χ0n) is 14.0. The molecule has 2 rings (SSSR count). The van der Waals surface area contributed by atoms with E-state index in [0.717, 1.165) is 12.1 Å². The number of benzene rings is 2. The Labute approximate surface area is 155 Å². The van der Waals surface area contributed by atoms with Gasteiger partial charge < -0.3 is 10.1 Å². The molecule has 0 unspecified atom stereocenters. The lowest BCUT2D eigenvalue weighted by Gasteiger charge is -2.10. The highest BCUT2D eigenvalue weighted by atomic mass is 19.4. The molecule has 0 spiro atoms. The van der Waals surface area contributed by atoms with Crippen LogP contribution in [0.5, 0.6) is 0 Å². The lowest BCUT2D eigenvalue weighted by atomic mass is 10.1. The van der Waals surface area contributed by atoms with Crippen LogP contribution in [0.25, 0.3) is 0 Å². The van der Waals surface area contributed by atoms with E-state index in [2.05, 4.69) is 4.74 Å². The van der Waals surface area contributed by atoms with Crippen molar-refractivity contribution in [1.82, 2.24) is 0 Å². The molecule has 0 saturated heterocycles. The van der Waals surface area contributed by atoms with Crippen LogP contribution in [0.1, 0.15) is 11.1 Å². The third kappa shape index (κ3) is 5.76. The topological polar surface area (TPSA) is 98.5 Å². The molecule has 7 nitrogen and oxygen atoms in total. The maximum absolute atomic E-state index is 13.0. The normalized spacial score (nSPS) is 11.0. The number of nitrogens with one attached hydrogen (secondary N) is 1. The molecule has 2 aromatic carbocycles. The number of rotatable bonds is 6. The number of carbonyl (C=O) groups is 2. The summed E-state index contributed by atoms with van der Waals surface area (Å²) in [5.41, 5.74) is -2.39. The molecule has 0 aliphatic heterocycles. The number of amides is 1. The SMILES string of the molecule is O=C(COC(=O)Cc1cccc(F)c1)Nc1ccc(C(F)(F)F)cc1[N+](=O)[O-]. The number of ether oxygens (including phenoxy) is 1. The van der Waals surface area contributed by atoms with Gasteiger partial charge in [-0.25, -0.2) is 4.39 Å². The summed E-state index contributed by atoms with van der Waals surface area (Å²) in [6.07, 6.45) is -5.11. The first-order valence-corrected chi connectivity index (χ1v) is 7.62. The van der Waals surface area contributed by atoms with Gasteiger partial charge in [-0.3, -0.25) is 19.7 Å². The molecule has 0 bridgehead atoms. The molecular formula is C17H12F4N2O5. The van der Waals surface area contributed by atoms with Crippen LogP contribution >= 0.6 is 0 Å². The van der Waals surface area contributed by atoms with Crippen LogP contribution in [-0.4, -0.2) is 23.4 Å². The summed E-state index contributed by atoms with van der Waals surface area (Å²) in [6.45, 7) is -0.827. The van der Waals surface area contributed by atoms with Gasteiger partial charge in [-0.05, 0) is 29.8 Å². The molecule has 0 fully saturated rings. The van der Waals surface area contributed by atoms with Crippen molar-refractivity contribution in [3.05, 3.63) is 69.5 Å². The quantitative estimate of drug-likeness (QED) is 0.347. The summed E-state index contributed by atoms with van der Waals surface area (Å²) in [4.78, 5) is 33.3. The number of nitro benzene ring substituents is 1. The fraction of sp³-hybridized carbons (Fsp3) is 0.176. The molecule has 0 atom stereocenters. The standard InChI is InChI=1S/C17H12F4N2O5/c18-12-3-1-2-10(6-12)7-16(25)28-9-15(24)22-13-5-4-11(17(19,20)21)8-14(13)23(26)27/h1-6,8H,7,9H2,(H,22,24). The second-order valence-corrected chi connectivity index (χ2v) is 5.50. The van der Waals surface area contributed by atoms with Crippen LogP contribution in [-0.2, 0) is 26.9 Å². The maximum Gasteiger partial charge on any atom is 0.416 e. The van der Waals surface area contributed by atoms with Crippen LogP contribution in [0, 0.1) is 15.9 Å². The van der Waals surface area contributed by atoms with E-state index in [9.17, 15) is 37.3 Å². The second kappa shape index (κ2) is 8.46. The van der Waals surface area contributed by atoms with E-state index in [1.807, 2.05) is 5.32 Å². The third-order valence-corrected chi connectivity index (χ3v) is 3.40. The number of halogens is 4. The number of carbonyl (C=O) groups excluding carboxylic acids is 2. The molecule has 0 radical (unpaired) electrons. The minimum Gasteiger partial charge on any atom is -0.455 e. The highest BCUT2D eigenvalue weighted by Gasteiger charge is 2.33. The first-order chi connectivity index (χ1) is 13.1. The fourth-order valence-corrected chi connectivity index (χ4v) is 2.16. The molecule has 1 N–H and O–H groups in total. The fourth-order valence-electron chi connectivity index (χ4n) is 2.16. The van der Waals surface area contributed by atoms with Crippen molar-refractivity contribution in [2.24, 2.45) is 0 Å². The number of nitro groups is 1. The van der Waals surface area contributed by atoms with Gasteiger partial charge in [0.1, 0.15) is 11.5 Å². The Morgan fingerprint density at radius 3 is 2.46 bits per heavy atom. The van der Waals surface area contributed by atoms with Gasteiger partial charge in [0.25, 0.3) is 11.6 Å². The van der Waals surface area contributed by atoms with E-state index in [1.54, 1.807) is 0 Å². The van der Waals surface area contributed by atoms with Gasteiger partial charge in [0, 0.05) is 6.07 Å². The summed E-state index contributed by atoms with van der Waals surface area (Å²) in [5, 5.41) is 13.0. The molecule has 11 heteroatoms. The first kappa shape index (κ1) is 20.8. The molecule has 2 aromatic rings. The predicted octanol–water partition coefficient (Wildman–Crippen LogP) is 3.48. The van der Waals surface area contributed by atoms with Gasteiger partial charge >= 0.3 is 12.1 Å². The summed E-state index contributed by atoms with van der Waals surface area (Å²) in [6, 6.07) is 6.72. The Hall–Kier alpha value is -3.50. The average molecular weight is 400 g/mol. The lowest BCUT2D eigenvalue weighted by molar-refractivity contribution is -0.384. The molecule has 0 aliphatic rings. The van der Waals surface area contributed by atoms with Crippen molar-refractivity contribution >= 4 is 23.3 Å². The van der Waals surface area contributed by atoms with E-state index in [0.29, 0.717) is 11.6 Å². The van der Waals surface area contributed by atoms with Crippen LogP contribution in [0.3, 0.4) is 0 Å². The van der Waals surface area contributed by atoms with Crippen molar-refractivity contribution < 1.29 is 36.8 Å². The Bertz CT molecular complexity index is 915. The zero-order valence-corrected chi connectivity index (χ0v) is 14.0. The van der Waals surface area contributed by atoms with Gasteiger partial charge in [0.15, 0.2) is 6.61 Å². The second-order valence-electron chi connectivity index (χ2n) is 5.50. The van der Waals surface area contributed by atoms with Crippen LogP contribution in [0.2, 0.25) is 0 Å². The predicted molar refractivity (Wildman–Crippen MR) is 87.8 cm³/mol. The summed E-state index contributed by atoms with van der Waals surface area (Å²) < 4.78 is 55.7. The molecule has 0 aromatic heterocycles. The highest BCUT2D eigenvalue weighted by Crippen LogP contribution is 2.34. The minimum absolute atomic E-state index is 0.283. The largest absolute Gasteiger partial charge is 0.455 e. The summed E-state index contributed by atoms with van der Waals surface area (Å²) in [7, 11) is 0. The molecule has 0 aliphatic carbocycles. The maximum atomic E-state index is 13.0. The van der Waals surface area contributed by atoms with E-state index < -0.39 is 52.3 Å². The Morgan fingerprint density at radius 1 is 1.14 bits per heavy atom. The van der Waals surface area contributed by atoms with Gasteiger partial charge in [-0.2, -0.15) is 13.2 Å². The third-order valence-electron chi connectivity index (χ3n) is 3.40. The van der Waals surface area contributed by atoms with Crippen molar-refractivity contribution in [3.8, 4) is 0 Å². The number of nitrogens with zero attached hydrogens (tertiary/aromatic N) is 1. The van der Waals surface area contributed by atoms with Gasteiger partial charge in [-0.1, -0.05) is 12.1 Å². The van der Waals surface area contributed by atoms with Gasteiger partial charge in [0.2, 0.25) is 0 Å². The summed E-state index contributed by atoms with van der Waals surface area (Å²) in [5.74, 6) is -2.41. The van der Waals surface area contributed by atoms with E-state index in [1.165, 1.54) is 18.2 Å². The number of anilines is 1. The molecule has 1 amide bonds. The Balaban J connectivity index is 1.99. The Morgan fingerprint density at radius 2 is 1.86 bits per heavy atom. The molecule has 28 heavy (non-hydrogen) atoms. The number of hydrogen-bond acceptors (Lipinski definition) is 5. The van der Waals surface area contributed by atoms with Crippen molar-refractivity contribution in [1.29, 1.82) is 0 Å². The van der Waals surface area contributed by atoms with Crippen molar-refractivity contribution in [3.63, 3.8) is 0 Å². The van der Waals surface area contributed by atoms with Crippen molar-refractivity contribution in [2.75, 3.05) is 11.9 Å². The van der Waals surface area contributed by atoms with E-state index >= 15 is 0 Å². The zero-order chi connectivity index (χ0) is 20.9. The van der Waals surface area contributed by atoms with Crippen LogP contribution < -0.4 is 5.32 Å². The number of esters is 1. The molecule has 148 valence electrons. The van der Waals surface area contributed by atoms with Gasteiger partial charge in [0.05, 0.1) is 16.9 Å². The Kier molecular flexibility index (Phi) is 6.29. The van der Waals surface area contributed by atoms with E-state index in [4.69, 9.17) is 0 Å². The smallest absolute Gasteiger partial charge is 0.416 e. The minimum atomic E-state index is -4.79. The lowest BCUT2D eigenvalue weighted by Crippen LogP contribution is -2.22. The molecule has 0 saturated carbocycles. The first-order valence-electron chi connectivity index (χ1n) is 7.62. The molecule has 0 heterocycles. The van der Waals surface area contributed by atoms with Crippen LogP contribution in [0.4, 0.5) is 28.9 Å². The summed E-state index contributed by atoms with van der Waals surface area (Å²) >= 11 is 0. The number of alkyl halides is 3.